The average molecular weight is 284 g/mol. The molecule has 16 heavy (non-hydrogen) atoms. The molecule has 1 aromatic carbocycles. The highest BCUT2D eigenvalue weighted by molar-refractivity contribution is 9.10. The minimum atomic E-state index is 0.143. The lowest BCUT2D eigenvalue weighted by Gasteiger charge is -2.24. The SMILES string of the molecule is Cc1ccc(CNC2(C)CCOC2)c(Br)c1. The molecule has 2 rings (SSSR count). The smallest absolute Gasteiger partial charge is 0.0646 e. The Morgan fingerprint density at radius 3 is 2.94 bits per heavy atom. The van der Waals surface area contributed by atoms with Crippen LogP contribution in [-0.4, -0.2) is 18.8 Å². The molecule has 0 spiro atoms. The van der Waals surface area contributed by atoms with Gasteiger partial charge in [0.1, 0.15) is 0 Å². The summed E-state index contributed by atoms with van der Waals surface area (Å²) in [4.78, 5) is 0. The van der Waals surface area contributed by atoms with Crippen molar-refractivity contribution in [3.8, 4) is 0 Å². The third-order valence-corrected chi connectivity index (χ3v) is 3.87. The third kappa shape index (κ3) is 2.84. The van der Waals surface area contributed by atoms with Gasteiger partial charge in [-0.15, -0.1) is 0 Å². The van der Waals surface area contributed by atoms with E-state index < -0.39 is 0 Å². The first kappa shape index (κ1) is 12.1. The van der Waals surface area contributed by atoms with E-state index in [0.29, 0.717) is 0 Å². The van der Waals surface area contributed by atoms with Crippen molar-refractivity contribution in [1.29, 1.82) is 0 Å². The predicted molar refractivity (Wildman–Crippen MR) is 69.6 cm³/mol. The summed E-state index contributed by atoms with van der Waals surface area (Å²) in [6.45, 7) is 6.91. The molecule has 0 saturated carbocycles. The lowest BCUT2D eigenvalue weighted by Crippen LogP contribution is -2.42. The summed E-state index contributed by atoms with van der Waals surface area (Å²) in [5.74, 6) is 0. The van der Waals surface area contributed by atoms with E-state index in [1.807, 2.05) is 0 Å². The third-order valence-electron chi connectivity index (χ3n) is 3.13. The molecule has 1 N–H and O–H groups in total. The monoisotopic (exact) mass is 283 g/mol. The van der Waals surface area contributed by atoms with Crippen LogP contribution in [0.4, 0.5) is 0 Å². The molecule has 1 aliphatic heterocycles. The van der Waals surface area contributed by atoms with Gasteiger partial charge in [-0.3, -0.25) is 0 Å². The van der Waals surface area contributed by atoms with Crippen molar-refractivity contribution >= 4 is 15.9 Å². The maximum Gasteiger partial charge on any atom is 0.0646 e. The molecule has 0 aliphatic carbocycles. The van der Waals surface area contributed by atoms with Crippen molar-refractivity contribution in [3.05, 3.63) is 33.8 Å². The fraction of sp³-hybridized carbons (Fsp3) is 0.538. The lowest BCUT2D eigenvalue weighted by molar-refractivity contribution is 0.171. The highest BCUT2D eigenvalue weighted by atomic mass is 79.9. The van der Waals surface area contributed by atoms with Crippen molar-refractivity contribution < 1.29 is 4.74 Å². The van der Waals surface area contributed by atoms with Gasteiger partial charge in [-0.05, 0) is 37.5 Å². The molecule has 3 heteroatoms. The Labute approximate surface area is 106 Å². The summed E-state index contributed by atoms with van der Waals surface area (Å²) in [5, 5.41) is 3.58. The van der Waals surface area contributed by atoms with Gasteiger partial charge in [0.25, 0.3) is 0 Å². The van der Waals surface area contributed by atoms with Crippen molar-refractivity contribution in [2.45, 2.75) is 32.4 Å². The molecule has 0 bridgehead atoms. The number of aryl methyl sites for hydroxylation is 1. The lowest BCUT2D eigenvalue weighted by atomic mass is 10.0. The first-order valence-electron chi connectivity index (χ1n) is 5.67. The van der Waals surface area contributed by atoms with Crippen LogP contribution in [-0.2, 0) is 11.3 Å². The number of hydrogen-bond acceptors (Lipinski definition) is 2. The molecule has 1 heterocycles. The van der Waals surface area contributed by atoms with Gasteiger partial charge < -0.3 is 10.1 Å². The number of hydrogen-bond donors (Lipinski definition) is 1. The predicted octanol–water partition coefficient (Wildman–Crippen LogP) is 3.03. The molecular weight excluding hydrogens is 266 g/mol. The Hall–Kier alpha value is -0.380. The number of benzene rings is 1. The van der Waals surface area contributed by atoms with Crippen LogP contribution in [0.15, 0.2) is 22.7 Å². The molecule has 1 aliphatic rings. The number of halogens is 1. The van der Waals surface area contributed by atoms with Crippen LogP contribution in [0.3, 0.4) is 0 Å². The standard InChI is InChI=1S/C13H18BrNO/c1-10-3-4-11(12(14)7-10)8-15-13(2)5-6-16-9-13/h3-4,7,15H,5-6,8-9H2,1-2H3. The molecule has 1 fully saturated rings. The number of rotatable bonds is 3. The first-order chi connectivity index (χ1) is 7.59. The molecular formula is C13H18BrNO. The van der Waals surface area contributed by atoms with Crippen LogP contribution in [0, 0.1) is 6.92 Å². The van der Waals surface area contributed by atoms with Crippen LogP contribution >= 0.6 is 15.9 Å². The number of ether oxygens (including phenoxy) is 1. The van der Waals surface area contributed by atoms with Gasteiger partial charge in [0.05, 0.1) is 6.61 Å². The zero-order chi connectivity index (χ0) is 11.6. The van der Waals surface area contributed by atoms with Crippen molar-refractivity contribution in [1.82, 2.24) is 5.32 Å². The topological polar surface area (TPSA) is 21.3 Å². The van der Waals surface area contributed by atoms with Gasteiger partial charge in [-0.1, -0.05) is 28.1 Å². The van der Waals surface area contributed by atoms with Crippen LogP contribution in [0.2, 0.25) is 0 Å². The molecule has 2 nitrogen and oxygen atoms in total. The highest BCUT2D eigenvalue weighted by Gasteiger charge is 2.28. The molecule has 1 unspecified atom stereocenters. The fourth-order valence-corrected chi connectivity index (χ4v) is 2.54. The van der Waals surface area contributed by atoms with E-state index in [0.717, 1.165) is 26.2 Å². The van der Waals surface area contributed by atoms with Crippen LogP contribution < -0.4 is 5.32 Å². The summed E-state index contributed by atoms with van der Waals surface area (Å²) >= 11 is 3.60. The molecule has 1 aromatic rings. The molecule has 0 radical (unpaired) electrons. The minimum absolute atomic E-state index is 0.143. The summed E-state index contributed by atoms with van der Waals surface area (Å²) in [5.41, 5.74) is 2.73. The minimum Gasteiger partial charge on any atom is -0.379 e. The van der Waals surface area contributed by atoms with Crippen molar-refractivity contribution in [2.24, 2.45) is 0 Å². The van der Waals surface area contributed by atoms with E-state index in [2.05, 4.69) is 53.3 Å². The van der Waals surface area contributed by atoms with Crippen molar-refractivity contribution in [3.63, 3.8) is 0 Å². The maximum absolute atomic E-state index is 5.42. The Kier molecular flexibility index (Phi) is 3.67. The maximum atomic E-state index is 5.42. The van der Waals surface area contributed by atoms with Gasteiger partial charge in [-0.2, -0.15) is 0 Å². The second-order valence-electron chi connectivity index (χ2n) is 4.81. The van der Waals surface area contributed by atoms with Crippen LogP contribution in [0.5, 0.6) is 0 Å². The van der Waals surface area contributed by atoms with E-state index >= 15 is 0 Å². The van der Waals surface area contributed by atoms with Gasteiger partial charge in [0.15, 0.2) is 0 Å². The average Bonchev–Trinajstić information content (AvgIpc) is 2.64. The summed E-state index contributed by atoms with van der Waals surface area (Å²) in [6, 6.07) is 6.48. The van der Waals surface area contributed by atoms with Crippen LogP contribution in [0.1, 0.15) is 24.5 Å². The summed E-state index contributed by atoms with van der Waals surface area (Å²) < 4.78 is 6.61. The second kappa shape index (κ2) is 4.86. The molecule has 1 saturated heterocycles. The van der Waals surface area contributed by atoms with E-state index in [1.54, 1.807) is 0 Å². The van der Waals surface area contributed by atoms with E-state index in [1.165, 1.54) is 15.6 Å². The zero-order valence-corrected chi connectivity index (χ0v) is 11.4. The summed E-state index contributed by atoms with van der Waals surface area (Å²) in [6.07, 6.45) is 1.09. The Morgan fingerprint density at radius 1 is 1.50 bits per heavy atom. The van der Waals surface area contributed by atoms with Gasteiger partial charge >= 0.3 is 0 Å². The Morgan fingerprint density at radius 2 is 2.31 bits per heavy atom. The molecule has 88 valence electrons. The second-order valence-corrected chi connectivity index (χ2v) is 5.67. The van der Waals surface area contributed by atoms with Gasteiger partial charge in [-0.25, -0.2) is 0 Å². The first-order valence-corrected chi connectivity index (χ1v) is 6.46. The molecule has 1 atom stereocenters. The summed E-state index contributed by atoms with van der Waals surface area (Å²) in [7, 11) is 0. The van der Waals surface area contributed by atoms with E-state index in [-0.39, 0.29) is 5.54 Å². The van der Waals surface area contributed by atoms with E-state index in [4.69, 9.17) is 4.74 Å². The largest absolute Gasteiger partial charge is 0.379 e. The van der Waals surface area contributed by atoms with Crippen LogP contribution in [0.25, 0.3) is 0 Å². The van der Waals surface area contributed by atoms with Gasteiger partial charge in [0, 0.05) is 23.2 Å². The quantitative estimate of drug-likeness (QED) is 0.921. The normalized spacial score (nSPS) is 24.9. The number of nitrogens with one attached hydrogen (secondary N) is 1. The van der Waals surface area contributed by atoms with Gasteiger partial charge in [0.2, 0.25) is 0 Å². The fourth-order valence-electron chi connectivity index (χ4n) is 1.91. The van der Waals surface area contributed by atoms with E-state index in [9.17, 15) is 0 Å². The Bertz CT molecular complexity index is 372. The highest BCUT2D eigenvalue weighted by Crippen LogP contribution is 2.21. The molecule has 0 aromatic heterocycles. The zero-order valence-electron chi connectivity index (χ0n) is 9.85. The molecule has 0 amide bonds. The van der Waals surface area contributed by atoms with Crippen molar-refractivity contribution in [2.75, 3.05) is 13.2 Å². The Balaban J connectivity index is 1.99.